The monoisotopic (exact) mass is 228 g/mol. The van der Waals surface area contributed by atoms with Gasteiger partial charge in [-0.15, -0.1) is 0 Å². The minimum Gasteiger partial charge on any atom is -0.369 e. The molecule has 1 unspecified atom stereocenters. The third-order valence-corrected chi connectivity index (χ3v) is 3.08. The third kappa shape index (κ3) is 4.92. The van der Waals surface area contributed by atoms with E-state index in [1.807, 2.05) is 14.0 Å². The highest BCUT2D eigenvalue weighted by atomic mass is 16.1. The van der Waals surface area contributed by atoms with Gasteiger partial charge in [-0.3, -0.25) is 9.69 Å². The standard InChI is InChI=1S/C11H24N4O/c1-10(11(12)16)9-14(2)7-8-15-5-3-13-4-6-15/h10,13H,3-9H2,1-2H3,(H2,12,16). The van der Waals surface area contributed by atoms with E-state index in [0.717, 1.165) is 45.8 Å². The van der Waals surface area contributed by atoms with Crippen LogP contribution < -0.4 is 11.1 Å². The lowest BCUT2D eigenvalue weighted by Gasteiger charge is -2.29. The van der Waals surface area contributed by atoms with Gasteiger partial charge in [0, 0.05) is 51.7 Å². The third-order valence-electron chi connectivity index (χ3n) is 3.08. The summed E-state index contributed by atoms with van der Waals surface area (Å²) in [6, 6.07) is 0. The van der Waals surface area contributed by atoms with Crippen molar-refractivity contribution in [2.24, 2.45) is 11.7 Å². The molecule has 1 heterocycles. The van der Waals surface area contributed by atoms with E-state index in [9.17, 15) is 4.79 Å². The first kappa shape index (κ1) is 13.4. The molecular weight excluding hydrogens is 204 g/mol. The van der Waals surface area contributed by atoms with Gasteiger partial charge < -0.3 is 16.0 Å². The van der Waals surface area contributed by atoms with Crippen molar-refractivity contribution in [2.75, 3.05) is 52.9 Å². The molecule has 5 heteroatoms. The lowest BCUT2D eigenvalue weighted by atomic mass is 10.1. The first-order chi connectivity index (χ1) is 7.59. The summed E-state index contributed by atoms with van der Waals surface area (Å²) in [5.41, 5.74) is 5.24. The Hall–Kier alpha value is -0.650. The van der Waals surface area contributed by atoms with Gasteiger partial charge in [0.2, 0.25) is 5.91 Å². The van der Waals surface area contributed by atoms with Gasteiger partial charge in [0.1, 0.15) is 0 Å². The van der Waals surface area contributed by atoms with Gasteiger partial charge in [0.05, 0.1) is 0 Å². The van der Waals surface area contributed by atoms with Crippen molar-refractivity contribution in [3.63, 3.8) is 0 Å². The molecule has 0 saturated carbocycles. The number of primary amides is 1. The largest absolute Gasteiger partial charge is 0.369 e. The number of piperazine rings is 1. The normalized spacial score (nSPS) is 19.9. The van der Waals surface area contributed by atoms with Crippen molar-refractivity contribution in [1.82, 2.24) is 15.1 Å². The van der Waals surface area contributed by atoms with Crippen LogP contribution in [0.2, 0.25) is 0 Å². The summed E-state index contributed by atoms with van der Waals surface area (Å²) in [4.78, 5) is 15.5. The fourth-order valence-electron chi connectivity index (χ4n) is 1.90. The zero-order chi connectivity index (χ0) is 12.0. The van der Waals surface area contributed by atoms with Crippen molar-refractivity contribution < 1.29 is 4.79 Å². The van der Waals surface area contributed by atoms with Crippen molar-refractivity contribution in [1.29, 1.82) is 0 Å². The van der Waals surface area contributed by atoms with Gasteiger partial charge in [-0.25, -0.2) is 0 Å². The van der Waals surface area contributed by atoms with Gasteiger partial charge in [0.15, 0.2) is 0 Å². The van der Waals surface area contributed by atoms with Gasteiger partial charge in [-0.1, -0.05) is 6.92 Å². The smallest absolute Gasteiger partial charge is 0.221 e. The van der Waals surface area contributed by atoms with Gasteiger partial charge in [0.25, 0.3) is 0 Å². The summed E-state index contributed by atoms with van der Waals surface area (Å²) in [5.74, 6) is -0.276. The minimum absolute atomic E-state index is 0.0620. The molecule has 1 aliphatic heterocycles. The van der Waals surface area contributed by atoms with Gasteiger partial charge in [-0.05, 0) is 7.05 Å². The number of nitrogens with one attached hydrogen (secondary N) is 1. The molecule has 1 amide bonds. The van der Waals surface area contributed by atoms with E-state index in [-0.39, 0.29) is 11.8 Å². The van der Waals surface area contributed by atoms with Crippen LogP contribution in [0.1, 0.15) is 6.92 Å². The summed E-state index contributed by atoms with van der Waals surface area (Å²) in [5, 5.41) is 3.33. The van der Waals surface area contributed by atoms with Crippen molar-refractivity contribution in [2.45, 2.75) is 6.92 Å². The molecule has 0 aromatic rings. The Balaban J connectivity index is 2.13. The number of hydrogen-bond donors (Lipinski definition) is 2. The molecule has 16 heavy (non-hydrogen) atoms. The molecule has 1 aliphatic rings. The maximum Gasteiger partial charge on any atom is 0.221 e. The van der Waals surface area contributed by atoms with E-state index >= 15 is 0 Å². The fraction of sp³-hybridized carbons (Fsp3) is 0.909. The molecule has 94 valence electrons. The average Bonchev–Trinajstić information content (AvgIpc) is 2.27. The average molecular weight is 228 g/mol. The van der Waals surface area contributed by atoms with Crippen molar-refractivity contribution in [3.8, 4) is 0 Å². The second-order valence-corrected chi connectivity index (χ2v) is 4.66. The summed E-state index contributed by atoms with van der Waals surface area (Å²) < 4.78 is 0. The van der Waals surface area contributed by atoms with Crippen LogP contribution >= 0.6 is 0 Å². The highest BCUT2D eigenvalue weighted by Gasteiger charge is 2.13. The topological polar surface area (TPSA) is 61.6 Å². The molecule has 0 aromatic heterocycles. The zero-order valence-electron chi connectivity index (χ0n) is 10.4. The van der Waals surface area contributed by atoms with Crippen LogP contribution in [0.4, 0.5) is 0 Å². The molecule has 1 fully saturated rings. The number of carbonyl (C=O) groups is 1. The summed E-state index contributed by atoms with van der Waals surface area (Å²) in [7, 11) is 2.04. The van der Waals surface area contributed by atoms with E-state index in [0.29, 0.717) is 0 Å². The highest BCUT2D eigenvalue weighted by molar-refractivity contribution is 5.76. The molecule has 1 atom stereocenters. The number of likely N-dealkylation sites (N-methyl/N-ethyl adjacent to an activating group) is 1. The summed E-state index contributed by atoms with van der Waals surface area (Å²) in [6.07, 6.45) is 0. The molecule has 0 aromatic carbocycles. The maximum atomic E-state index is 10.9. The van der Waals surface area contributed by atoms with Crippen LogP contribution in [0.5, 0.6) is 0 Å². The molecule has 0 spiro atoms. The van der Waals surface area contributed by atoms with Crippen molar-refractivity contribution in [3.05, 3.63) is 0 Å². The SMILES string of the molecule is CC(CN(C)CCN1CCNCC1)C(N)=O. The minimum atomic E-state index is -0.214. The van der Waals surface area contributed by atoms with Crippen molar-refractivity contribution >= 4 is 5.91 Å². The Bertz CT molecular complexity index is 216. The van der Waals surface area contributed by atoms with Gasteiger partial charge in [-0.2, -0.15) is 0 Å². The maximum absolute atomic E-state index is 10.9. The van der Waals surface area contributed by atoms with E-state index in [1.165, 1.54) is 0 Å². The quantitative estimate of drug-likeness (QED) is 0.609. The molecule has 0 bridgehead atoms. The summed E-state index contributed by atoms with van der Waals surface area (Å²) in [6.45, 7) is 9.12. The molecule has 1 saturated heterocycles. The second kappa shape index (κ2) is 6.83. The predicted molar refractivity (Wildman–Crippen MR) is 65.2 cm³/mol. The number of carbonyl (C=O) groups excluding carboxylic acids is 1. The first-order valence-corrected chi connectivity index (χ1v) is 6.00. The second-order valence-electron chi connectivity index (χ2n) is 4.66. The Kier molecular flexibility index (Phi) is 5.73. The van der Waals surface area contributed by atoms with Crippen LogP contribution in [0.15, 0.2) is 0 Å². The number of hydrogen-bond acceptors (Lipinski definition) is 4. The van der Waals surface area contributed by atoms with E-state index in [4.69, 9.17) is 5.73 Å². The number of rotatable bonds is 6. The number of nitrogens with two attached hydrogens (primary N) is 1. The number of nitrogens with zero attached hydrogens (tertiary/aromatic N) is 2. The Morgan fingerprint density at radius 3 is 2.69 bits per heavy atom. The van der Waals surface area contributed by atoms with E-state index in [1.54, 1.807) is 0 Å². The lowest BCUT2D eigenvalue weighted by molar-refractivity contribution is -0.121. The van der Waals surface area contributed by atoms with Gasteiger partial charge >= 0.3 is 0 Å². The number of amides is 1. The molecule has 0 aliphatic carbocycles. The molecule has 1 rings (SSSR count). The molecule has 0 radical (unpaired) electrons. The zero-order valence-corrected chi connectivity index (χ0v) is 10.4. The van der Waals surface area contributed by atoms with E-state index in [2.05, 4.69) is 15.1 Å². The van der Waals surface area contributed by atoms with E-state index < -0.39 is 0 Å². The Labute approximate surface area is 98.0 Å². The van der Waals surface area contributed by atoms with Crippen LogP contribution in [0.3, 0.4) is 0 Å². The first-order valence-electron chi connectivity index (χ1n) is 6.00. The van der Waals surface area contributed by atoms with Crippen LogP contribution in [0, 0.1) is 5.92 Å². The Morgan fingerprint density at radius 1 is 1.50 bits per heavy atom. The highest BCUT2D eigenvalue weighted by Crippen LogP contribution is 1.98. The van der Waals surface area contributed by atoms with Crippen LogP contribution in [-0.2, 0) is 4.79 Å². The molecule has 5 nitrogen and oxygen atoms in total. The summed E-state index contributed by atoms with van der Waals surface area (Å²) >= 11 is 0. The molecular formula is C11H24N4O. The predicted octanol–water partition coefficient (Wildman–Crippen LogP) is -1.06. The van der Waals surface area contributed by atoms with Crippen LogP contribution in [-0.4, -0.2) is 68.6 Å². The lowest BCUT2D eigenvalue weighted by Crippen LogP contribution is -2.46. The van der Waals surface area contributed by atoms with Crippen LogP contribution in [0.25, 0.3) is 0 Å². The Morgan fingerprint density at radius 2 is 2.12 bits per heavy atom. The molecule has 3 N–H and O–H groups in total. The fourth-order valence-corrected chi connectivity index (χ4v) is 1.90.